The van der Waals surface area contributed by atoms with E-state index in [4.69, 9.17) is 19.6 Å². The number of rotatable bonds is 5. The summed E-state index contributed by atoms with van der Waals surface area (Å²) in [6.07, 6.45) is 1.37. The van der Waals surface area contributed by atoms with Gasteiger partial charge in [0.25, 0.3) is 0 Å². The summed E-state index contributed by atoms with van der Waals surface area (Å²) in [5.74, 6) is 0.391. The molecule has 7 nitrogen and oxygen atoms in total. The highest BCUT2D eigenvalue weighted by molar-refractivity contribution is 7.99. The van der Waals surface area contributed by atoms with Crippen LogP contribution in [0.3, 0.4) is 0 Å². The van der Waals surface area contributed by atoms with Gasteiger partial charge in [-0.3, -0.25) is 0 Å². The first-order valence-electron chi connectivity index (χ1n) is 10.8. The summed E-state index contributed by atoms with van der Waals surface area (Å²) in [6, 6.07) is 20.4. The van der Waals surface area contributed by atoms with Gasteiger partial charge in [-0.05, 0) is 18.1 Å². The third-order valence-electron chi connectivity index (χ3n) is 6.33. The molecule has 0 aliphatic carbocycles. The SMILES string of the molecule is CCc1nnc2n1N=C(C1CC(c3ccccc3)(c3ccccc3)OOC1(C)OC)CS2. The number of methoxy groups -OCH3 is 1. The molecule has 0 bridgehead atoms. The second-order valence-corrected chi connectivity index (χ2v) is 9.09. The van der Waals surface area contributed by atoms with E-state index in [-0.39, 0.29) is 5.92 Å². The molecule has 0 spiro atoms. The van der Waals surface area contributed by atoms with Crippen molar-refractivity contribution < 1.29 is 14.5 Å². The molecule has 2 aromatic carbocycles. The Morgan fingerprint density at radius 2 is 1.69 bits per heavy atom. The molecule has 1 fully saturated rings. The van der Waals surface area contributed by atoms with Crippen LogP contribution in [0.4, 0.5) is 0 Å². The Kier molecular flexibility index (Phi) is 5.63. The summed E-state index contributed by atoms with van der Waals surface area (Å²) in [5, 5.41) is 14.3. The summed E-state index contributed by atoms with van der Waals surface area (Å²) >= 11 is 1.64. The van der Waals surface area contributed by atoms with E-state index in [1.165, 1.54) is 0 Å². The maximum absolute atomic E-state index is 6.25. The van der Waals surface area contributed by atoms with Crippen molar-refractivity contribution in [3.8, 4) is 0 Å². The van der Waals surface area contributed by atoms with E-state index in [9.17, 15) is 0 Å². The van der Waals surface area contributed by atoms with Gasteiger partial charge in [-0.1, -0.05) is 79.3 Å². The summed E-state index contributed by atoms with van der Waals surface area (Å²) < 4.78 is 7.71. The highest BCUT2D eigenvalue weighted by Gasteiger charge is 2.54. The molecule has 2 aliphatic rings. The van der Waals surface area contributed by atoms with E-state index < -0.39 is 11.4 Å². The number of benzene rings is 2. The van der Waals surface area contributed by atoms with Gasteiger partial charge in [-0.2, -0.15) is 14.7 Å². The van der Waals surface area contributed by atoms with Crippen molar-refractivity contribution in [3.63, 3.8) is 0 Å². The monoisotopic (exact) mass is 450 g/mol. The fourth-order valence-electron chi connectivity index (χ4n) is 4.40. The van der Waals surface area contributed by atoms with Crippen LogP contribution < -0.4 is 0 Å². The Morgan fingerprint density at radius 1 is 1.03 bits per heavy atom. The lowest BCUT2D eigenvalue weighted by Gasteiger charge is -2.48. The Bertz CT molecular complexity index is 1080. The molecule has 1 saturated heterocycles. The van der Waals surface area contributed by atoms with Crippen LogP contribution in [0.1, 0.15) is 37.2 Å². The van der Waals surface area contributed by atoms with Crippen LogP contribution in [-0.4, -0.2) is 39.2 Å². The molecule has 3 aromatic rings. The van der Waals surface area contributed by atoms with E-state index in [2.05, 4.69) is 41.4 Å². The molecule has 2 unspecified atom stereocenters. The Morgan fingerprint density at radius 3 is 2.28 bits per heavy atom. The fourth-order valence-corrected chi connectivity index (χ4v) is 5.30. The van der Waals surface area contributed by atoms with Crippen LogP contribution in [0, 0.1) is 5.92 Å². The smallest absolute Gasteiger partial charge is 0.212 e. The Balaban J connectivity index is 1.63. The predicted octanol–water partition coefficient (Wildman–Crippen LogP) is 4.42. The number of thioether (sulfide) groups is 1. The van der Waals surface area contributed by atoms with Gasteiger partial charge in [-0.25, -0.2) is 4.89 Å². The lowest BCUT2D eigenvalue weighted by Crippen LogP contribution is -2.55. The first kappa shape index (κ1) is 21.3. The number of nitrogens with zero attached hydrogens (tertiary/aromatic N) is 4. The van der Waals surface area contributed by atoms with Crippen molar-refractivity contribution >= 4 is 17.5 Å². The molecule has 0 amide bonds. The van der Waals surface area contributed by atoms with Crippen molar-refractivity contribution in [2.24, 2.45) is 11.0 Å². The first-order valence-corrected chi connectivity index (χ1v) is 11.8. The summed E-state index contributed by atoms with van der Waals surface area (Å²) in [4.78, 5) is 12.3. The van der Waals surface area contributed by atoms with E-state index in [0.717, 1.165) is 34.2 Å². The van der Waals surface area contributed by atoms with Crippen LogP contribution in [-0.2, 0) is 26.5 Å². The number of fused-ring (bicyclic) bond motifs is 1. The molecule has 1 aromatic heterocycles. The zero-order valence-electron chi connectivity index (χ0n) is 18.4. The standard InChI is InChI=1S/C24H26N4O3S/c1-4-21-25-26-22-28(21)27-20(16-32-22)19-15-24(17-11-7-5-8-12-17,18-13-9-6-10-14-18)31-30-23(19,2)29-3/h5-14,19H,4,15-16H2,1-3H3. The number of hydrogen-bond donors (Lipinski definition) is 0. The molecule has 8 heteroatoms. The van der Waals surface area contributed by atoms with Gasteiger partial charge in [0, 0.05) is 25.7 Å². The van der Waals surface area contributed by atoms with Gasteiger partial charge in [0.1, 0.15) is 0 Å². The Labute approximate surface area is 191 Å². The lowest BCUT2D eigenvalue weighted by atomic mass is 9.75. The molecule has 2 aliphatic heterocycles. The topological polar surface area (TPSA) is 70.8 Å². The summed E-state index contributed by atoms with van der Waals surface area (Å²) in [5.41, 5.74) is 2.23. The maximum Gasteiger partial charge on any atom is 0.212 e. The molecular formula is C24H26N4O3S. The van der Waals surface area contributed by atoms with Gasteiger partial charge in [0.05, 0.1) is 11.6 Å². The van der Waals surface area contributed by atoms with Gasteiger partial charge in [0.2, 0.25) is 10.9 Å². The average Bonchev–Trinajstić information content (AvgIpc) is 3.28. The minimum Gasteiger partial charge on any atom is -0.350 e. The molecule has 166 valence electrons. The summed E-state index contributed by atoms with van der Waals surface area (Å²) in [6.45, 7) is 3.96. The third-order valence-corrected chi connectivity index (χ3v) is 7.29. The highest BCUT2D eigenvalue weighted by atomic mass is 32.2. The summed E-state index contributed by atoms with van der Waals surface area (Å²) in [7, 11) is 1.65. The first-order chi connectivity index (χ1) is 15.6. The average molecular weight is 451 g/mol. The van der Waals surface area contributed by atoms with Gasteiger partial charge >= 0.3 is 0 Å². The zero-order chi connectivity index (χ0) is 22.2. The van der Waals surface area contributed by atoms with E-state index in [1.54, 1.807) is 18.9 Å². The van der Waals surface area contributed by atoms with Crippen LogP contribution in [0.15, 0.2) is 70.9 Å². The predicted molar refractivity (Wildman–Crippen MR) is 122 cm³/mol. The largest absolute Gasteiger partial charge is 0.350 e. The quantitative estimate of drug-likeness (QED) is 0.536. The number of aryl methyl sites for hydroxylation is 1. The maximum atomic E-state index is 6.25. The number of aromatic nitrogens is 3. The molecule has 0 N–H and O–H groups in total. The normalized spacial score (nSPS) is 24.6. The second-order valence-electron chi connectivity index (χ2n) is 8.15. The minimum atomic E-state index is -0.982. The van der Waals surface area contributed by atoms with Crippen molar-refractivity contribution in [1.29, 1.82) is 0 Å². The van der Waals surface area contributed by atoms with E-state index in [0.29, 0.717) is 12.2 Å². The van der Waals surface area contributed by atoms with Crippen LogP contribution >= 0.6 is 11.8 Å². The van der Waals surface area contributed by atoms with Crippen LogP contribution in [0.2, 0.25) is 0 Å². The molecule has 3 heterocycles. The van der Waals surface area contributed by atoms with Crippen molar-refractivity contribution in [1.82, 2.24) is 14.9 Å². The third kappa shape index (κ3) is 3.47. The van der Waals surface area contributed by atoms with Gasteiger partial charge < -0.3 is 4.74 Å². The molecule has 0 radical (unpaired) electrons. The fraction of sp³-hybridized carbons (Fsp3) is 0.375. The van der Waals surface area contributed by atoms with Crippen LogP contribution in [0.5, 0.6) is 0 Å². The zero-order valence-corrected chi connectivity index (χ0v) is 19.2. The molecule has 5 rings (SSSR count). The van der Waals surface area contributed by atoms with Crippen molar-refractivity contribution in [2.75, 3.05) is 12.9 Å². The molecule has 2 atom stereocenters. The lowest BCUT2D eigenvalue weighted by molar-refractivity contribution is -0.490. The number of hydrogen-bond acceptors (Lipinski definition) is 7. The van der Waals surface area contributed by atoms with Crippen LogP contribution in [0.25, 0.3) is 0 Å². The second kappa shape index (κ2) is 8.44. The van der Waals surface area contributed by atoms with E-state index >= 15 is 0 Å². The minimum absolute atomic E-state index is 0.158. The Hall–Kier alpha value is -2.52. The molecule has 32 heavy (non-hydrogen) atoms. The van der Waals surface area contributed by atoms with Crippen molar-refractivity contribution in [3.05, 3.63) is 77.6 Å². The molecule has 0 saturated carbocycles. The van der Waals surface area contributed by atoms with E-state index in [1.807, 2.05) is 48.0 Å². The number of ether oxygens (including phenoxy) is 1. The van der Waals surface area contributed by atoms with Gasteiger partial charge in [0.15, 0.2) is 11.4 Å². The molecular weight excluding hydrogens is 424 g/mol. The highest BCUT2D eigenvalue weighted by Crippen LogP contribution is 2.49. The van der Waals surface area contributed by atoms with Gasteiger partial charge in [-0.15, -0.1) is 10.2 Å². The van der Waals surface area contributed by atoms with Crippen molar-refractivity contribution in [2.45, 2.75) is 43.2 Å².